The average molecular weight is 572 g/mol. The van der Waals surface area contributed by atoms with Gasteiger partial charge < -0.3 is 25.0 Å². The fraction of sp³-hybridized carbons (Fsp3) is 0.560. The summed E-state index contributed by atoms with van der Waals surface area (Å²) in [4.78, 5) is 23.3. The number of nitrogens with one attached hydrogen (secondary N) is 2. The van der Waals surface area contributed by atoms with Gasteiger partial charge in [0.05, 0.1) is 37.3 Å². The molecule has 0 unspecified atom stereocenters. The van der Waals surface area contributed by atoms with Crippen LogP contribution >= 0.6 is 0 Å². The maximum Gasteiger partial charge on any atom is 0.345 e. The van der Waals surface area contributed by atoms with Crippen LogP contribution in [0, 0.1) is 0 Å². The molecule has 39 heavy (non-hydrogen) atoms. The van der Waals surface area contributed by atoms with E-state index in [1.54, 1.807) is 30.3 Å². The van der Waals surface area contributed by atoms with E-state index in [2.05, 4.69) is 20.4 Å². The second-order valence-corrected chi connectivity index (χ2v) is 11.9. The number of nitrogens with zero attached hydrogens (tertiary/aromatic N) is 3. The first-order valence-electron chi connectivity index (χ1n) is 12.7. The van der Waals surface area contributed by atoms with Gasteiger partial charge in [0, 0.05) is 30.4 Å². The maximum absolute atomic E-state index is 13.4. The van der Waals surface area contributed by atoms with Crippen molar-refractivity contribution in [1.82, 2.24) is 15.3 Å². The maximum atomic E-state index is 13.4. The quantitative estimate of drug-likeness (QED) is 0.371. The van der Waals surface area contributed by atoms with Crippen LogP contribution in [0.4, 0.5) is 29.5 Å². The first-order chi connectivity index (χ1) is 18.6. The molecule has 1 aromatic heterocycles. The summed E-state index contributed by atoms with van der Waals surface area (Å²) >= 11 is 0. The average Bonchev–Trinajstić information content (AvgIpc) is 3.73. The smallest absolute Gasteiger partial charge is 0.345 e. The molecule has 4 rings (SSSR count). The van der Waals surface area contributed by atoms with E-state index >= 15 is 0 Å². The Kier molecular flexibility index (Phi) is 9.28. The third-order valence-corrected chi connectivity index (χ3v) is 9.36. The lowest BCUT2D eigenvalue weighted by Crippen LogP contribution is -2.44. The molecule has 0 radical (unpaired) electrons. The predicted molar refractivity (Wildman–Crippen MR) is 139 cm³/mol. The predicted octanol–water partition coefficient (Wildman–Crippen LogP) is 3.49. The standard InChI is InChI=1S/C25H32F3N5O5S/c1-17-16-37-13-11-33(17)21-15-20(25(7-8-25)39(35,36)14-2-12-38-23(27)28)31-22(32-21)18-3-5-19(6-4-18)30-24(34)29-10-9-26/h3-6,15,17,23H,2,7-14,16H2,1H3,(H2,29,30,34)/t17-/m0/s1. The van der Waals surface area contributed by atoms with Gasteiger partial charge in [-0.05, 0) is 50.5 Å². The van der Waals surface area contributed by atoms with Crippen LogP contribution in [0.15, 0.2) is 30.3 Å². The van der Waals surface area contributed by atoms with Crippen LogP contribution < -0.4 is 15.5 Å². The second kappa shape index (κ2) is 12.5. The minimum Gasteiger partial charge on any atom is -0.377 e. The number of sulfone groups is 1. The number of benzene rings is 1. The van der Waals surface area contributed by atoms with Crippen molar-refractivity contribution in [3.05, 3.63) is 36.0 Å². The van der Waals surface area contributed by atoms with Crippen molar-refractivity contribution in [3.63, 3.8) is 0 Å². The van der Waals surface area contributed by atoms with Crippen molar-refractivity contribution in [2.45, 2.75) is 43.6 Å². The van der Waals surface area contributed by atoms with Gasteiger partial charge in [0.15, 0.2) is 15.7 Å². The molecule has 1 aliphatic carbocycles. The molecule has 1 atom stereocenters. The fourth-order valence-electron chi connectivity index (χ4n) is 4.51. The first kappa shape index (κ1) is 29.0. The number of carbonyl (C=O) groups excluding carboxylic acids is 1. The number of ether oxygens (including phenoxy) is 2. The topological polar surface area (TPSA) is 123 Å². The van der Waals surface area contributed by atoms with E-state index in [0.717, 1.165) is 0 Å². The molecule has 214 valence electrons. The zero-order chi connectivity index (χ0) is 28.0. The lowest BCUT2D eigenvalue weighted by Gasteiger charge is -2.34. The lowest BCUT2D eigenvalue weighted by molar-refractivity contribution is -0.128. The van der Waals surface area contributed by atoms with E-state index < -0.39 is 33.9 Å². The number of carbonyl (C=O) groups is 1. The summed E-state index contributed by atoms with van der Waals surface area (Å²) in [5, 5.41) is 4.98. The Bertz CT molecular complexity index is 1250. The molecule has 1 saturated carbocycles. The van der Waals surface area contributed by atoms with Gasteiger partial charge in [-0.2, -0.15) is 8.78 Å². The molecule has 1 saturated heterocycles. The number of urea groups is 1. The number of amides is 2. The highest BCUT2D eigenvalue weighted by molar-refractivity contribution is 7.92. The van der Waals surface area contributed by atoms with Gasteiger partial charge in [-0.3, -0.25) is 0 Å². The van der Waals surface area contributed by atoms with Crippen molar-refractivity contribution < 1.29 is 35.9 Å². The first-order valence-corrected chi connectivity index (χ1v) is 14.4. The monoisotopic (exact) mass is 571 g/mol. The Morgan fingerprint density at radius 2 is 2.00 bits per heavy atom. The Balaban J connectivity index is 1.64. The summed E-state index contributed by atoms with van der Waals surface area (Å²) in [7, 11) is -3.73. The number of halogens is 3. The molecule has 0 spiro atoms. The second-order valence-electron chi connectivity index (χ2n) is 9.50. The van der Waals surface area contributed by atoms with Crippen molar-refractivity contribution >= 4 is 27.4 Å². The molecule has 10 nitrogen and oxygen atoms in total. The molecule has 2 amide bonds. The van der Waals surface area contributed by atoms with Crippen molar-refractivity contribution in [2.24, 2.45) is 0 Å². The Hall–Kier alpha value is -2.97. The Labute approximate surface area is 225 Å². The molecule has 1 aromatic carbocycles. The van der Waals surface area contributed by atoms with E-state index in [1.165, 1.54) is 0 Å². The van der Waals surface area contributed by atoms with Crippen LogP contribution in [-0.4, -0.2) is 82.4 Å². The lowest BCUT2D eigenvalue weighted by atomic mass is 10.1. The SMILES string of the molecule is C[C@H]1COCCN1c1cc(C2(S(=O)(=O)CCCOC(F)F)CC2)nc(-c2ccc(NC(=O)NCCF)cc2)n1. The molecule has 0 bridgehead atoms. The highest BCUT2D eigenvalue weighted by atomic mass is 32.2. The van der Waals surface area contributed by atoms with Crippen LogP contribution in [0.3, 0.4) is 0 Å². The summed E-state index contributed by atoms with van der Waals surface area (Å²) in [6, 6.07) is 7.85. The third kappa shape index (κ3) is 6.97. The van der Waals surface area contributed by atoms with Crippen LogP contribution in [0.2, 0.25) is 0 Å². The molecule has 2 heterocycles. The highest BCUT2D eigenvalue weighted by Crippen LogP contribution is 2.53. The number of anilines is 2. The molecule has 1 aliphatic heterocycles. The molecule has 14 heteroatoms. The number of alkyl halides is 3. The summed E-state index contributed by atoms with van der Waals surface area (Å²) in [5.41, 5.74) is 1.44. The molecule has 2 N–H and O–H groups in total. The molecular formula is C25H32F3N5O5S. The van der Waals surface area contributed by atoms with E-state index in [0.29, 0.717) is 61.2 Å². The van der Waals surface area contributed by atoms with Crippen molar-refractivity contribution in [3.8, 4) is 11.4 Å². The Morgan fingerprint density at radius 1 is 1.26 bits per heavy atom. The molecule has 2 aliphatic rings. The fourth-order valence-corrected chi connectivity index (χ4v) is 6.54. The zero-order valence-electron chi connectivity index (χ0n) is 21.5. The number of morpholine rings is 1. The molecule has 2 fully saturated rings. The van der Waals surface area contributed by atoms with Gasteiger partial charge in [0.2, 0.25) is 0 Å². The van der Waals surface area contributed by atoms with E-state index in [4.69, 9.17) is 9.72 Å². The van der Waals surface area contributed by atoms with Crippen LogP contribution in [-0.2, 0) is 24.1 Å². The van der Waals surface area contributed by atoms with E-state index in [-0.39, 0.29) is 31.4 Å². The largest absolute Gasteiger partial charge is 0.377 e. The van der Waals surface area contributed by atoms with E-state index in [1.807, 2.05) is 11.8 Å². The van der Waals surface area contributed by atoms with Crippen LogP contribution in [0.1, 0.15) is 31.9 Å². The number of rotatable bonds is 12. The van der Waals surface area contributed by atoms with Gasteiger partial charge >= 0.3 is 12.6 Å². The summed E-state index contributed by atoms with van der Waals surface area (Å²) < 4.78 is 72.2. The van der Waals surface area contributed by atoms with Crippen LogP contribution in [0.5, 0.6) is 0 Å². The molecular weight excluding hydrogens is 539 g/mol. The Morgan fingerprint density at radius 3 is 2.64 bits per heavy atom. The summed E-state index contributed by atoms with van der Waals surface area (Å²) in [5.74, 6) is 0.589. The van der Waals surface area contributed by atoms with Crippen LogP contribution in [0.25, 0.3) is 11.4 Å². The summed E-state index contributed by atoms with van der Waals surface area (Å²) in [6.45, 7) is -0.534. The summed E-state index contributed by atoms with van der Waals surface area (Å²) in [6.07, 6.45) is 0.694. The number of aromatic nitrogens is 2. The highest BCUT2D eigenvalue weighted by Gasteiger charge is 2.57. The minimum absolute atomic E-state index is 0.00187. The minimum atomic E-state index is -3.73. The van der Waals surface area contributed by atoms with Gasteiger partial charge in [-0.15, -0.1) is 0 Å². The van der Waals surface area contributed by atoms with Crippen molar-refractivity contribution in [2.75, 3.05) is 55.6 Å². The van der Waals surface area contributed by atoms with Gasteiger partial charge in [-0.25, -0.2) is 27.6 Å². The van der Waals surface area contributed by atoms with E-state index in [9.17, 15) is 26.4 Å². The van der Waals surface area contributed by atoms with Gasteiger partial charge in [0.1, 0.15) is 17.2 Å². The zero-order valence-corrected chi connectivity index (χ0v) is 22.4. The van der Waals surface area contributed by atoms with Gasteiger partial charge in [0.25, 0.3) is 0 Å². The van der Waals surface area contributed by atoms with Crippen molar-refractivity contribution in [1.29, 1.82) is 0 Å². The van der Waals surface area contributed by atoms with Gasteiger partial charge in [-0.1, -0.05) is 0 Å². The molecule has 2 aromatic rings. The normalized spacial score (nSPS) is 18.7. The number of hydrogen-bond acceptors (Lipinski definition) is 8. The number of hydrogen-bond donors (Lipinski definition) is 2. The third-order valence-electron chi connectivity index (χ3n) is 6.72.